The maximum atomic E-state index is 11.8. The van der Waals surface area contributed by atoms with Gasteiger partial charge in [-0.2, -0.15) is 0 Å². The van der Waals surface area contributed by atoms with Gasteiger partial charge in [0.15, 0.2) is 5.82 Å². The van der Waals surface area contributed by atoms with Gasteiger partial charge in [0.25, 0.3) is 5.56 Å². The third-order valence-electron chi connectivity index (χ3n) is 2.50. The molecule has 2 aromatic heterocycles. The minimum atomic E-state index is -0.104. The summed E-state index contributed by atoms with van der Waals surface area (Å²) in [6, 6.07) is 0. The predicted octanol–water partition coefficient (Wildman–Crippen LogP) is 0.966. The number of ether oxygens (including phenoxy) is 1. The number of rotatable bonds is 1. The molecular weight excluding hydrogens is 226 g/mol. The molecule has 6 heteroatoms. The van der Waals surface area contributed by atoms with Crippen molar-refractivity contribution in [3.05, 3.63) is 33.3 Å². The van der Waals surface area contributed by atoms with Crippen molar-refractivity contribution in [2.24, 2.45) is 0 Å². The summed E-state index contributed by atoms with van der Waals surface area (Å²) in [5.74, 6) is 0.605. The second kappa shape index (κ2) is 3.80. The normalized spacial score (nSPS) is 14.8. The van der Waals surface area contributed by atoms with Crippen molar-refractivity contribution >= 4 is 11.3 Å². The van der Waals surface area contributed by atoms with Crippen molar-refractivity contribution in [3.8, 4) is 10.7 Å². The summed E-state index contributed by atoms with van der Waals surface area (Å²) in [7, 11) is 0. The summed E-state index contributed by atoms with van der Waals surface area (Å²) >= 11 is 1.46. The molecule has 0 amide bonds. The van der Waals surface area contributed by atoms with Crippen LogP contribution in [0.4, 0.5) is 0 Å². The molecule has 16 heavy (non-hydrogen) atoms. The van der Waals surface area contributed by atoms with Crippen molar-refractivity contribution in [3.63, 3.8) is 0 Å². The van der Waals surface area contributed by atoms with Gasteiger partial charge in [0, 0.05) is 12.6 Å². The zero-order valence-electron chi connectivity index (χ0n) is 8.40. The fourth-order valence-electron chi connectivity index (χ4n) is 1.69. The topological polar surface area (TPSA) is 67.9 Å². The van der Waals surface area contributed by atoms with Crippen molar-refractivity contribution in [1.82, 2.24) is 15.0 Å². The van der Waals surface area contributed by atoms with Crippen LogP contribution >= 0.6 is 11.3 Å². The molecule has 0 spiro atoms. The molecule has 2 aromatic rings. The molecule has 0 unspecified atom stereocenters. The van der Waals surface area contributed by atoms with Gasteiger partial charge in [-0.3, -0.25) is 9.78 Å². The van der Waals surface area contributed by atoms with Gasteiger partial charge in [0.1, 0.15) is 0 Å². The van der Waals surface area contributed by atoms with Gasteiger partial charge in [-0.1, -0.05) is 0 Å². The van der Waals surface area contributed by atoms with Crippen molar-refractivity contribution in [2.75, 3.05) is 6.61 Å². The zero-order chi connectivity index (χ0) is 11.0. The quantitative estimate of drug-likeness (QED) is 0.799. The number of hydrogen-bond donors (Lipinski definition) is 1. The van der Waals surface area contributed by atoms with E-state index in [4.69, 9.17) is 4.74 Å². The van der Waals surface area contributed by atoms with Gasteiger partial charge in [0.2, 0.25) is 0 Å². The Morgan fingerprint density at radius 1 is 1.50 bits per heavy atom. The van der Waals surface area contributed by atoms with Crippen LogP contribution in [0, 0.1) is 0 Å². The minimum absolute atomic E-state index is 0.104. The van der Waals surface area contributed by atoms with E-state index < -0.39 is 0 Å². The molecule has 1 aliphatic rings. The zero-order valence-corrected chi connectivity index (χ0v) is 9.21. The average Bonchev–Trinajstić information content (AvgIpc) is 2.82. The van der Waals surface area contributed by atoms with E-state index in [0.29, 0.717) is 31.0 Å². The molecule has 0 bridgehead atoms. The lowest BCUT2D eigenvalue weighted by atomic mass is 10.1. The van der Waals surface area contributed by atoms with E-state index >= 15 is 0 Å². The fourth-order valence-corrected chi connectivity index (χ4v) is 2.26. The van der Waals surface area contributed by atoms with E-state index in [0.717, 1.165) is 10.6 Å². The Hall–Kier alpha value is -1.53. The molecule has 0 atom stereocenters. The van der Waals surface area contributed by atoms with Crippen LogP contribution in [0.2, 0.25) is 0 Å². The van der Waals surface area contributed by atoms with Crippen LogP contribution in [0.3, 0.4) is 0 Å². The maximum Gasteiger partial charge on any atom is 0.256 e. The average molecular weight is 235 g/mol. The van der Waals surface area contributed by atoms with Gasteiger partial charge in [-0.25, -0.2) is 4.98 Å². The predicted molar refractivity (Wildman–Crippen MR) is 59.3 cm³/mol. The smallest absolute Gasteiger partial charge is 0.256 e. The van der Waals surface area contributed by atoms with Crippen LogP contribution in [-0.2, 0) is 17.8 Å². The second-order valence-corrected chi connectivity index (χ2v) is 4.39. The highest BCUT2D eigenvalue weighted by Gasteiger charge is 2.16. The van der Waals surface area contributed by atoms with E-state index in [2.05, 4.69) is 15.0 Å². The number of hydrogen-bond acceptors (Lipinski definition) is 5. The molecule has 1 aliphatic heterocycles. The molecule has 5 nitrogen and oxygen atoms in total. The number of aromatic nitrogens is 3. The van der Waals surface area contributed by atoms with Gasteiger partial charge in [-0.05, 0) is 0 Å². The molecule has 3 heterocycles. The van der Waals surface area contributed by atoms with Crippen molar-refractivity contribution in [1.29, 1.82) is 0 Å². The van der Waals surface area contributed by atoms with Gasteiger partial charge < -0.3 is 9.72 Å². The van der Waals surface area contributed by atoms with Gasteiger partial charge in [0.05, 0.1) is 34.9 Å². The van der Waals surface area contributed by atoms with Crippen LogP contribution in [-0.4, -0.2) is 21.6 Å². The lowest BCUT2D eigenvalue weighted by molar-refractivity contribution is 0.108. The summed E-state index contributed by atoms with van der Waals surface area (Å²) in [6.45, 7) is 0.992. The minimum Gasteiger partial charge on any atom is -0.376 e. The van der Waals surface area contributed by atoms with E-state index in [9.17, 15) is 4.79 Å². The molecule has 0 saturated carbocycles. The molecule has 3 rings (SSSR count). The van der Waals surface area contributed by atoms with E-state index in [-0.39, 0.29) is 5.56 Å². The Kier molecular flexibility index (Phi) is 2.30. The summed E-state index contributed by atoms with van der Waals surface area (Å²) in [4.78, 5) is 23.9. The number of nitrogens with zero attached hydrogens (tertiary/aromatic N) is 2. The van der Waals surface area contributed by atoms with Crippen LogP contribution in [0.15, 0.2) is 16.5 Å². The van der Waals surface area contributed by atoms with Gasteiger partial charge >= 0.3 is 0 Å². The lowest BCUT2D eigenvalue weighted by Crippen LogP contribution is -2.24. The molecular formula is C10H9N3O2S. The summed E-state index contributed by atoms with van der Waals surface area (Å²) in [6.07, 6.45) is 2.40. The highest BCUT2D eigenvalue weighted by atomic mass is 32.1. The number of H-pyrrole nitrogens is 1. The fraction of sp³-hybridized carbons (Fsp3) is 0.300. The summed E-state index contributed by atoms with van der Waals surface area (Å²) in [5.41, 5.74) is 3.11. The molecule has 0 aromatic carbocycles. The van der Waals surface area contributed by atoms with Crippen LogP contribution < -0.4 is 5.56 Å². The highest BCUT2D eigenvalue weighted by Crippen LogP contribution is 2.20. The number of nitrogens with one attached hydrogen (secondary N) is 1. The maximum absolute atomic E-state index is 11.8. The molecule has 82 valence electrons. The first-order valence-electron chi connectivity index (χ1n) is 4.93. The Labute approximate surface area is 95.2 Å². The van der Waals surface area contributed by atoms with Crippen molar-refractivity contribution in [2.45, 2.75) is 13.0 Å². The van der Waals surface area contributed by atoms with E-state index in [1.807, 2.05) is 0 Å². The SMILES string of the molecule is O=c1[nH]c(-c2cncs2)nc2c1COCC2. The number of fused-ring (bicyclic) bond motifs is 1. The first kappa shape index (κ1) is 9.68. The Bertz CT molecular complexity index is 562. The monoisotopic (exact) mass is 235 g/mol. The van der Waals surface area contributed by atoms with Crippen LogP contribution in [0.1, 0.15) is 11.3 Å². The molecule has 0 fully saturated rings. The van der Waals surface area contributed by atoms with Gasteiger partial charge in [-0.15, -0.1) is 11.3 Å². The number of thiazole rings is 1. The Balaban J connectivity index is 2.16. The first-order chi connectivity index (χ1) is 7.84. The van der Waals surface area contributed by atoms with Crippen molar-refractivity contribution < 1.29 is 4.74 Å². The Morgan fingerprint density at radius 2 is 2.44 bits per heavy atom. The van der Waals surface area contributed by atoms with E-state index in [1.54, 1.807) is 11.7 Å². The number of aromatic amines is 1. The third kappa shape index (κ3) is 1.56. The summed E-state index contributed by atoms with van der Waals surface area (Å²) in [5, 5.41) is 0. The highest BCUT2D eigenvalue weighted by molar-refractivity contribution is 7.13. The lowest BCUT2D eigenvalue weighted by Gasteiger charge is -2.14. The molecule has 0 aliphatic carbocycles. The molecule has 1 N–H and O–H groups in total. The van der Waals surface area contributed by atoms with E-state index in [1.165, 1.54) is 11.3 Å². The first-order valence-corrected chi connectivity index (χ1v) is 5.81. The standard InChI is InChI=1S/C10H9N3O2S/c14-10-6-4-15-2-1-7(6)12-9(13-10)8-3-11-5-16-8/h3,5H,1-2,4H2,(H,12,13,14). The summed E-state index contributed by atoms with van der Waals surface area (Å²) < 4.78 is 5.24. The largest absolute Gasteiger partial charge is 0.376 e. The molecule has 0 radical (unpaired) electrons. The third-order valence-corrected chi connectivity index (χ3v) is 3.28. The molecule has 0 saturated heterocycles. The van der Waals surface area contributed by atoms with Crippen LogP contribution in [0.25, 0.3) is 10.7 Å². The Morgan fingerprint density at radius 3 is 3.25 bits per heavy atom. The van der Waals surface area contributed by atoms with Crippen LogP contribution in [0.5, 0.6) is 0 Å². The second-order valence-electron chi connectivity index (χ2n) is 3.51.